The number of carbonyl (C=O) groups is 1. The zero-order chi connectivity index (χ0) is 13.9. The third kappa shape index (κ3) is 3.30. The van der Waals surface area contributed by atoms with Crippen LogP contribution in [0.2, 0.25) is 0 Å². The van der Waals surface area contributed by atoms with Gasteiger partial charge in [-0.3, -0.25) is 0 Å². The smallest absolute Gasteiger partial charge is 0.331 e. The van der Waals surface area contributed by atoms with E-state index in [1.165, 1.54) is 0 Å². The average molecular weight is 326 g/mol. The molecule has 1 N–H and O–H groups in total. The number of nitrogens with one attached hydrogen (secondary N) is 1. The van der Waals surface area contributed by atoms with Gasteiger partial charge < -0.3 is 10.1 Å². The summed E-state index contributed by atoms with van der Waals surface area (Å²) in [6, 6.07) is 7.90. The van der Waals surface area contributed by atoms with Gasteiger partial charge in [0.1, 0.15) is 5.54 Å². The minimum Gasteiger partial charge on any atom is -0.464 e. The van der Waals surface area contributed by atoms with Crippen LogP contribution in [0.1, 0.15) is 33.1 Å². The lowest BCUT2D eigenvalue weighted by Crippen LogP contribution is -2.45. The van der Waals surface area contributed by atoms with Crippen molar-refractivity contribution in [1.29, 1.82) is 0 Å². The zero-order valence-corrected chi connectivity index (χ0v) is 13.0. The summed E-state index contributed by atoms with van der Waals surface area (Å²) in [5.41, 5.74) is 0.411. The summed E-state index contributed by atoms with van der Waals surface area (Å²) < 4.78 is 6.29. The highest BCUT2D eigenvalue weighted by molar-refractivity contribution is 9.10. The van der Waals surface area contributed by atoms with Crippen molar-refractivity contribution in [1.82, 2.24) is 0 Å². The first-order valence-electron chi connectivity index (χ1n) is 6.77. The van der Waals surface area contributed by atoms with Crippen LogP contribution in [0.4, 0.5) is 5.69 Å². The number of benzene rings is 1. The second kappa shape index (κ2) is 5.95. The number of halogens is 1. The Balaban J connectivity index is 2.19. The number of carbonyl (C=O) groups excluding carboxylic acids is 1. The summed E-state index contributed by atoms with van der Waals surface area (Å²) in [4.78, 5) is 12.3. The van der Waals surface area contributed by atoms with Gasteiger partial charge in [0.05, 0.1) is 6.61 Å². The fraction of sp³-hybridized carbons (Fsp3) is 0.533. The van der Waals surface area contributed by atoms with Gasteiger partial charge in [-0.1, -0.05) is 22.9 Å². The first kappa shape index (κ1) is 14.4. The standard InChI is InChI=1S/C15H20BrNO2/c1-3-19-14(18)15(9-8-11(2)10-15)17-13-6-4-12(16)5-7-13/h4-7,11,17H,3,8-10H2,1-2H3. The summed E-state index contributed by atoms with van der Waals surface area (Å²) >= 11 is 3.42. The number of hydrogen-bond donors (Lipinski definition) is 1. The van der Waals surface area contributed by atoms with E-state index in [9.17, 15) is 4.79 Å². The monoisotopic (exact) mass is 325 g/mol. The van der Waals surface area contributed by atoms with E-state index in [1.807, 2.05) is 31.2 Å². The lowest BCUT2D eigenvalue weighted by molar-refractivity contribution is -0.148. The lowest BCUT2D eigenvalue weighted by Gasteiger charge is -2.29. The van der Waals surface area contributed by atoms with Crippen LogP contribution >= 0.6 is 15.9 Å². The van der Waals surface area contributed by atoms with Crippen LogP contribution < -0.4 is 5.32 Å². The molecule has 0 heterocycles. The Labute approximate surface area is 122 Å². The molecule has 19 heavy (non-hydrogen) atoms. The second-order valence-electron chi connectivity index (χ2n) is 5.28. The molecule has 3 nitrogen and oxygen atoms in total. The van der Waals surface area contributed by atoms with E-state index in [0.29, 0.717) is 12.5 Å². The summed E-state index contributed by atoms with van der Waals surface area (Å²) in [5, 5.41) is 3.40. The average Bonchev–Trinajstić information content (AvgIpc) is 2.75. The highest BCUT2D eigenvalue weighted by Crippen LogP contribution is 2.38. The van der Waals surface area contributed by atoms with Crippen molar-refractivity contribution in [3.8, 4) is 0 Å². The van der Waals surface area contributed by atoms with Crippen LogP contribution in [0.25, 0.3) is 0 Å². The molecule has 1 fully saturated rings. The largest absolute Gasteiger partial charge is 0.464 e. The molecule has 1 aromatic carbocycles. The Morgan fingerprint density at radius 1 is 1.47 bits per heavy atom. The third-order valence-electron chi connectivity index (χ3n) is 3.65. The van der Waals surface area contributed by atoms with Gasteiger partial charge in [-0.2, -0.15) is 0 Å². The van der Waals surface area contributed by atoms with Crippen LogP contribution in [0.15, 0.2) is 28.7 Å². The first-order chi connectivity index (χ1) is 9.05. The Kier molecular flexibility index (Phi) is 4.50. The molecule has 1 aliphatic rings. The normalized spacial score (nSPS) is 26.2. The van der Waals surface area contributed by atoms with E-state index >= 15 is 0 Å². The van der Waals surface area contributed by atoms with Crippen LogP contribution in [-0.4, -0.2) is 18.1 Å². The predicted molar refractivity (Wildman–Crippen MR) is 80.1 cm³/mol. The molecule has 0 radical (unpaired) electrons. The molecule has 1 aromatic rings. The maximum absolute atomic E-state index is 12.3. The molecule has 0 bridgehead atoms. The van der Waals surface area contributed by atoms with E-state index in [2.05, 4.69) is 28.2 Å². The van der Waals surface area contributed by atoms with Gasteiger partial charge in [0, 0.05) is 10.2 Å². The van der Waals surface area contributed by atoms with Gasteiger partial charge in [0.2, 0.25) is 0 Å². The van der Waals surface area contributed by atoms with E-state index in [-0.39, 0.29) is 5.97 Å². The molecule has 4 heteroatoms. The van der Waals surface area contributed by atoms with Crippen LogP contribution in [0, 0.1) is 5.92 Å². The number of esters is 1. The van der Waals surface area contributed by atoms with E-state index in [4.69, 9.17) is 4.74 Å². The van der Waals surface area contributed by atoms with E-state index in [0.717, 1.165) is 29.4 Å². The van der Waals surface area contributed by atoms with Crippen LogP contribution in [-0.2, 0) is 9.53 Å². The Hall–Kier alpha value is -1.03. The second-order valence-corrected chi connectivity index (χ2v) is 6.20. The molecule has 2 atom stereocenters. The molecule has 1 saturated carbocycles. The maximum Gasteiger partial charge on any atom is 0.331 e. The number of ether oxygens (including phenoxy) is 1. The molecular formula is C15H20BrNO2. The minimum absolute atomic E-state index is 0.123. The fourth-order valence-corrected chi connectivity index (χ4v) is 2.98. The molecule has 0 amide bonds. The van der Waals surface area contributed by atoms with Crippen molar-refractivity contribution < 1.29 is 9.53 Å². The van der Waals surface area contributed by atoms with Gasteiger partial charge in [-0.25, -0.2) is 4.79 Å². The highest BCUT2D eigenvalue weighted by atomic mass is 79.9. The minimum atomic E-state index is -0.552. The van der Waals surface area contributed by atoms with Gasteiger partial charge in [0.25, 0.3) is 0 Å². The Morgan fingerprint density at radius 3 is 2.68 bits per heavy atom. The third-order valence-corrected chi connectivity index (χ3v) is 4.18. The molecule has 2 unspecified atom stereocenters. The predicted octanol–water partition coefficient (Wildman–Crippen LogP) is 3.98. The van der Waals surface area contributed by atoms with Crippen LogP contribution in [0.5, 0.6) is 0 Å². The Bertz CT molecular complexity index is 446. The summed E-state index contributed by atoms with van der Waals surface area (Å²) in [6.45, 7) is 4.46. The van der Waals surface area contributed by atoms with Gasteiger partial charge in [-0.05, 0) is 56.4 Å². The molecule has 2 rings (SSSR count). The lowest BCUT2D eigenvalue weighted by atomic mass is 9.95. The zero-order valence-electron chi connectivity index (χ0n) is 11.4. The number of anilines is 1. The van der Waals surface area contributed by atoms with Crippen molar-refractivity contribution in [2.75, 3.05) is 11.9 Å². The molecule has 104 valence electrons. The van der Waals surface area contributed by atoms with Crippen molar-refractivity contribution >= 4 is 27.6 Å². The summed E-state index contributed by atoms with van der Waals surface area (Å²) in [6.07, 6.45) is 2.73. The highest BCUT2D eigenvalue weighted by Gasteiger charge is 2.45. The molecule has 1 aliphatic carbocycles. The molecule has 0 aromatic heterocycles. The SMILES string of the molecule is CCOC(=O)C1(Nc2ccc(Br)cc2)CCC(C)C1. The van der Waals surface area contributed by atoms with Gasteiger partial charge in [-0.15, -0.1) is 0 Å². The number of hydrogen-bond acceptors (Lipinski definition) is 3. The molecular weight excluding hydrogens is 306 g/mol. The fourth-order valence-electron chi connectivity index (χ4n) is 2.72. The van der Waals surface area contributed by atoms with Crippen molar-refractivity contribution in [3.63, 3.8) is 0 Å². The van der Waals surface area contributed by atoms with Crippen molar-refractivity contribution in [3.05, 3.63) is 28.7 Å². The van der Waals surface area contributed by atoms with Crippen molar-refractivity contribution in [2.24, 2.45) is 5.92 Å². The quantitative estimate of drug-likeness (QED) is 0.851. The summed E-state index contributed by atoms with van der Waals surface area (Å²) in [7, 11) is 0. The maximum atomic E-state index is 12.3. The molecule has 0 spiro atoms. The number of rotatable bonds is 4. The van der Waals surface area contributed by atoms with Gasteiger partial charge >= 0.3 is 5.97 Å². The van der Waals surface area contributed by atoms with Crippen molar-refractivity contribution in [2.45, 2.75) is 38.6 Å². The topological polar surface area (TPSA) is 38.3 Å². The summed E-state index contributed by atoms with van der Waals surface area (Å²) in [5.74, 6) is 0.426. The molecule has 0 saturated heterocycles. The Morgan fingerprint density at radius 2 is 2.16 bits per heavy atom. The van der Waals surface area contributed by atoms with E-state index < -0.39 is 5.54 Å². The van der Waals surface area contributed by atoms with Gasteiger partial charge in [0.15, 0.2) is 0 Å². The van der Waals surface area contributed by atoms with Crippen LogP contribution in [0.3, 0.4) is 0 Å². The molecule has 0 aliphatic heterocycles. The van der Waals surface area contributed by atoms with E-state index in [1.54, 1.807) is 0 Å². The first-order valence-corrected chi connectivity index (χ1v) is 7.56.